The van der Waals surface area contributed by atoms with Crippen molar-refractivity contribution in [2.24, 2.45) is 0 Å². The Balaban J connectivity index is 2.33. The van der Waals surface area contributed by atoms with Crippen LogP contribution in [0.5, 0.6) is 0 Å². The summed E-state index contributed by atoms with van der Waals surface area (Å²) in [6.45, 7) is 3.91. The van der Waals surface area contributed by atoms with Crippen molar-refractivity contribution in [3.05, 3.63) is 11.4 Å². The number of aromatic nitrogens is 2. The monoisotopic (exact) mass is 333 g/mol. The maximum atomic E-state index is 12.4. The molecule has 0 radical (unpaired) electrons. The SMILES string of the molecule is CCCc1[nH]nc(C(=O)NC2(CC)CCC2)c1S(=O)(=O)Cl. The fourth-order valence-corrected chi connectivity index (χ4v) is 3.98. The molecular weight excluding hydrogens is 314 g/mol. The van der Waals surface area contributed by atoms with E-state index in [9.17, 15) is 13.2 Å². The fraction of sp³-hybridized carbons (Fsp3) is 0.692. The Bertz CT molecular complexity index is 630. The molecule has 1 saturated carbocycles. The molecule has 1 aliphatic rings. The molecule has 1 amide bonds. The van der Waals surface area contributed by atoms with Gasteiger partial charge in [0.15, 0.2) is 5.69 Å². The van der Waals surface area contributed by atoms with E-state index in [1.54, 1.807) is 0 Å². The number of hydrogen-bond acceptors (Lipinski definition) is 4. The summed E-state index contributed by atoms with van der Waals surface area (Å²) in [5.41, 5.74) is 0.0267. The molecule has 2 rings (SSSR count). The van der Waals surface area contributed by atoms with Crippen molar-refractivity contribution in [2.45, 2.75) is 62.8 Å². The van der Waals surface area contributed by atoms with Gasteiger partial charge in [-0.1, -0.05) is 20.3 Å². The zero-order valence-corrected chi connectivity index (χ0v) is 13.8. The number of H-pyrrole nitrogens is 1. The first-order valence-electron chi connectivity index (χ1n) is 7.17. The Kier molecular flexibility index (Phi) is 4.63. The lowest BCUT2D eigenvalue weighted by Gasteiger charge is -2.41. The summed E-state index contributed by atoms with van der Waals surface area (Å²) in [5, 5.41) is 9.42. The van der Waals surface area contributed by atoms with Crippen molar-refractivity contribution in [2.75, 3.05) is 0 Å². The van der Waals surface area contributed by atoms with Crippen LogP contribution in [0.4, 0.5) is 0 Å². The molecule has 1 aromatic rings. The van der Waals surface area contributed by atoms with Crippen molar-refractivity contribution in [3.8, 4) is 0 Å². The van der Waals surface area contributed by atoms with E-state index in [1.807, 2.05) is 13.8 Å². The summed E-state index contributed by atoms with van der Waals surface area (Å²) < 4.78 is 23.5. The van der Waals surface area contributed by atoms with Crippen LogP contribution in [-0.4, -0.2) is 30.1 Å². The number of rotatable bonds is 6. The molecule has 0 aliphatic heterocycles. The normalized spacial score (nSPS) is 17.3. The van der Waals surface area contributed by atoms with Gasteiger partial charge < -0.3 is 5.32 Å². The molecule has 0 atom stereocenters. The molecule has 1 aliphatic carbocycles. The first-order valence-corrected chi connectivity index (χ1v) is 9.48. The van der Waals surface area contributed by atoms with Gasteiger partial charge >= 0.3 is 0 Å². The Morgan fingerprint density at radius 2 is 2.10 bits per heavy atom. The van der Waals surface area contributed by atoms with E-state index in [-0.39, 0.29) is 16.1 Å². The van der Waals surface area contributed by atoms with E-state index >= 15 is 0 Å². The molecule has 118 valence electrons. The Morgan fingerprint density at radius 3 is 2.52 bits per heavy atom. The van der Waals surface area contributed by atoms with Crippen molar-refractivity contribution in [3.63, 3.8) is 0 Å². The highest BCUT2D eigenvalue weighted by Gasteiger charge is 2.38. The van der Waals surface area contributed by atoms with Crippen molar-refractivity contribution in [1.82, 2.24) is 15.5 Å². The van der Waals surface area contributed by atoms with Crippen LogP contribution in [0.15, 0.2) is 4.90 Å². The quantitative estimate of drug-likeness (QED) is 0.782. The second-order valence-corrected chi connectivity index (χ2v) is 8.01. The molecule has 1 heterocycles. The van der Waals surface area contributed by atoms with Crippen LogP contribution in [0.1, 0.15) is 62.1 Å². The van der Waals surface area contributed by atoms with E-state index in [0.29, 0.717) is 12.1 Å². The molecule has 1 aromatic heterocycles. The van der Waals surface area contributed by atoms with Gasteiger partial charge in [-0.2, -0.15) is 5.10 Å². The number of hydrogen-bond donors (Lipinski definition) is 2. The largest absolute Gasteiger partial charge is 0.345 e. The van der Waals surface area contributed by atoms with Gasteiger partial charge in [-0.05, 0) is 32.1 Å². The van der Waals surface area contributed by atoms with Crippen LogP contribution in [-0.2, 0) is 15.5 Å². The lowest BCUT2D eigenvalue weighted by molar-refractivity contribution is 0.0811. The molecular formula is C13H20ClN3O3S. The third-order valence-corrected chi connectivity index (χ3v) is 5.51. The zero-order chi connectivity index (χ0) is 15.7. The molecule has 6 nitrogen and oxygen atoms in total. The lowest BCUT2D eigenvalue weighted by atomic mass is 9.75. The molecule has 0 unspecified atom stereocenters. The number of carbonyl (C=O) groups is 1. The number of aryl methyl sites for hydroxylation is 1. The minimum absolute atomic E-state index is 0.131. The summed E-state index contributed by atoms with van der Waals surface area (Å²) in [7, 11) is 1.45. The van der Waals surface area contributed by atoms with Crippen molar-refractivity contribution >= 4 is 25.6 Å². The van der Waals surface area contributed by atoms with Crippen LogP contribution in [0.25, 0.3) is 0 Å². The van der Waals surface area contributed by atoms with Crippen LogP contribution in [0, 0.1) is 0 Å². The van der Waals surface area contributed by atoms with E-state index in [0.717, 1.165) is 32.1 Å². The second kappa shape index (κ2) is 5.96. The number of nitrogens with zero attached hydrogens (tertiary/aromatic N) is 1. The third kappa shape index (κ3) is 3.23. The van der Waals surface area contributed by atoms with Gasteiger partial charge in [0.1, 0.15) is 4.90 Å². The van der Waals surface area contributed by atoms with Crippen LogP contribution in [0.2, 0.25) is 0 Å². The zero-order valence-electron chi connectivity index (χ0n) is 12.2. The smallest absolute Gasteiger partial charge is 0.273 e. The van der Waals surface area contributed by atoms with E-state index in [4.69, 9.17) is 10.7 Å². The topological polar surface area (TPSA) is 91.9 Å². The van der Waals surface area contributed by atoms with Gasteiger partial charge in [0, 0.05) is 16.2 Å². The maximum absolute atomic E-state index is 12.4. The number of amides is 1. The number of halogens is 1. The van der Waals surface area contributed by atoms with Gasteiger partial charge in [0.2, 0.25) is 0 Å². The molecule has 0 spiro atoms. The lowest BCUT2D eigenvalue weighted by Crippen LogP contribution is -2.53. The highest BCUT2D eigenvalue weighted by atomic mass is 35.7. The number of aromatic amines is 1. The predicted molar refractivity (Wildman–Crippen MR) is 80.0 cm³/mol. The average Bonchev–Trinajstić information content (AvgIpc) is 2.78. The summed E-state index contributed by atoms with van der Waals surface area (Å²) in [6.07, 6.45) is 4.89. The summed E-state index contributed by atoms with van der Waals surface area (Å²) in [6, 6.07) is 0. The fourth-order valence-electron chi connectivity index (χ4n) is 2.67. The highest BCUT2D eigenvalue weighted by Crippen LogP contribution is 2.35. The van der Waals surface area contributed by atoms with E-state index < -0.39 is 15.0 Å². The van der Waals surface area contributed by atoms with Crippen LogP contribution >= 0.6 is 10.7 Å². The molecule has 0 aromatic carbocycles. The van der Waals surface area contributed by atoms with Gasteiger partial charge in [-0.25, -0.2) is 8.42 Å². The summed E-state index contributed by atoms with van der Waals surface area (Å²) in [5.74, 6) is -0.477. The average molecular weight is 334 g/mol. The first kappa shape index (κ1) is 16.3. The summed E-state index contributed by atoms with van der Waals surface area (Å²) in [4.78, 5) is 12.2. The molecule has 21 heavy (non-hydrogen) atoms. The Labute approximate surface area is 129 Å². The van der Waals surface area contributed by atoms with Gasteiger partial charge in [-0.3, -0.25) is 9.89 Å². The number of nitrogens with one attached hydrogen (secondary N) is 2. The molecule has 2 N–H and O–H groups in total. The van der Waals surface area contributed by atoms with Gasteiger partial charge in [-0.15, -0.1) is 0 Å². The number of carbonyl (C=O) groups excluding carboxylic acids is 1. The van der Waals surface area contributed by atoms with Crippen LogP contribution < -0.4 is 5.32 Å². The first-order chi connectivity index (χ1) is 9.83. The third-order valence-electron chi connectivity index (χ3n) is 4.12. The minimum Gasteiger partial charge on any atom is -0.345 e. The second-order valence-electron chi connectivity index (χ2n) is 5.51. The predicted octanol–water partition coefficient (Wildman–Crippen LogP) is 2.35. The molecule has 1 fully saturated rings. The molecule has 0 saturated heterocycles. The van der Waals surface area contributed by atoms with Gasteiger partial charge in [0.05, 0.1) is 5.69 Å². The molecule has 8 heteroatoms. The maximum Gasteiger partial charge on any atom is 0.273 e. The Morgan fingerprint density at radius 1 is 1.43 bits per heavy atom. The Hall–Kier alpha value is -1.08. The van der Waals surface area contributed by atoms with Crippen molar-refractivity contribution < 1.29 is 13.2 Å². The van der Waals surface area contributed by atoms with E-state index in [2.05, 4.69) is 15.5 Å². The highest BCUT2D eigenvalue weighted by molar-refractivity contribution is 8.13. The molecule has 0 bridgehead atoms. The van der Waals surface area contributed by atoms with Gasteiger partial charge in [0.25, 0.3) is 15.0 Å². The standard InChI is InChI=1S/C13H20ClN3O3S/c1-3-6-9-11(21(14,19)20)10(17-16-9)12(18)15-13(4-2)7-5-8-13/h3-8H2,1-2H3,(H,15,18)(H,16,17). The van der Waals surface area contributed by atoms with E-state index in [1.165, 1.54) is 0 Å². The van der Waals surface area contributed by atoms with Crippen LogP contribution in [0.3, 0.4) is 0 Å². The van der Waals surface area contributed by atoms with Crippen molar-refractivity contribution in [1.29, 1.82) is 0 Å². The summed E-state index contributed by atoms with van der Waals surface area (Å²) >= 11 is 0. The minimum atomic E-state index is -4.02.